The molecule has 0 aromatic heterocycles. The molecule has 3 aromatic carbocycles. The Morgan fingerprint density at radius 1 is 0.957 bits per heavy atom. The number of nitrogens with zero attached hydrogens (tertiary/aromatic N) is 1. The van der Waals surface area contributed by atoms with Gasteiger partial charge in [-0.25, -0.2) is 0 Å². The van der Waals surface area contributed by atoms with E-state index in [1.807, 2.05) is 18.2 Å². The van der Waals surface area contributed by atoms with Crippen molar-refractivity contribution in [1.29, 1.82) is 0 Å². The lowest BCUT2D eigenvalue weighted by Crippen LogP contribution is -2.09. The van der Waals surface area contributed by atoms with Gasteiger partial charge in [0.15, 0.2) is 6.10 Å². The summed E-state index contributed by atoms with van der Waals surface area (Å²) in [5.74, 6) is 0. The number of hydrogen-bond acceptors (Lipinski definition) is 4. The second-order valence-electron chi connectivity index (χ2n) is 5.00. The van der Waals surface area contributed by atoms with Crippen molar-refractivity contribution in [1.82, 2.24) is 0 Å². The average molecular weight is 307 g/mol. The van der Waals surface area contributed by atoms with Crippen LogP contribution < -0.4 is 0 Å². The summed E-state index contributed by atoms with van der Waals surface area (Å²) in [6, 6.07) is 19.4. The van der Waals surface area contributed by atoms with Crippen molar-refractivity contribution in [2.24, 2.45) is 0 Å². The second kappa shape index (κ2) is 6.27. The summed E-state index contributed by atoms with van der Waals surface area (Å²) in [5, 5.41) is 13.0. The number of fused-ring (bicyclic) bond motifs is 1. The topological polar surface area (TPSA) is 69.4 Å². The number of ether oxygens (including phenoxy) is 1. The highest BCUT2D eigenvalue weighted by Gasteiger charge is 2.27. The predicted octanol–water partition coefficient (Wildman–Crippen LogP) is 4.01. The molecule has 0 aliphatic rings. The predicted molar refractivity (Wildman–Crippen MR) is 86.0 cm³/mol. The van der Waals surface area contributed by atoms with Gasteiger partial charge in [0.05, 0.1) is 10.5 Å². The van der Waals surface area contributed by atoms with Crippen LogP contribution in [0, 0.1) is 10.1 Å². The van der Waals surface area contributed by atoms with Crippen LogP contribution in [0.1, 0.15) is 17.2 Å². The summed E-state index contributed by atoms with van der Waals surface area (Å²) < 4.78 is 5.23. The molecule has 0 bridgehead atoms. The van der Waals surface area contributed by atoms with E-state index < -0.39 is 11.0 Å². The molecule has 0 heterocycles. The molecule has 0 spiro atoms. The van der Waals surface area contributed by atoms with Gasteiger partial charge in [-0.3, -0.25) is 14.9 Å². The molecule has 0 fully saturated rings. The number of rotatable bonds is 5. The van der Waals surface area contributed by atoms with Crippen molar-refractivity contribution in [3.05, 3.63) is 88.0 Å². The SMILES string of the molecule is O=COC(c1ccccc1)c1c([N+](=O)[O-])ccc2ccccc12. The van der Waals surface area contributed by atoms with Crippen LogP contribution in [0.15, 0.2) is 66.7 Å². The van der Waals surface area contributed by atoms with Crippen LogP contribution in [0.2, 0.25) is 0 Å². The minimum absolute atomic E-state index is 0.0700. The van der Waals surface area contributed by atoms with Gasteiger partial charge in [-0.05, 0) is 22.4 Å². The fourth-order valence-corrected chi connectivity index (χ4v) is 2.72. The molecule has 3 aromatic rings. The monoisotopic (exact) mass is 307 g/mol. The van der Waals surface area contributed by atoms with Gasteiger partial charge in [0.1, 0.15) is 0 Å². The van der Waals surface area contributed by atoms with Gasteiger partial charge >= 0.3 is 0 Å². The molecule has 0 amide bonds. The molecule has 0 saturated heterocycles. The quantitative estimate of drug-likeness (QED) is 0.405. The fraction of sp³-hybridized carbons (Fsp3) is 0.0556. The Balaban J connectivity index is 2.32. The fourth-order valence-electron chi connectivity index (χ4n) is 2.72. The zero-order valence-corrected chi connectivity index (χ0v) is 12.1. The van der Waals surface area contributed by atoms with Crippen LogP contribution in [0.3, 0.4) is 0 Å². The Morgan fingerprint density at radius 3 is 2.35 bits per heavy atom. The Kier molecular flexibility index (Phi) is 4.01. The lowest BCUT2D eigenvalue weighted by Gasteiger charge is -2.18. The molecule has 0 radical (unpaired) electrons. The van der Waals surface area contributed by atoms with E-state index >= 15 is 0 Å². The van der Waals surface area contributed by atoms with Gasteiger partial charge in [-0.15, -0.1) is 0 Å². The molecule has 0 aliphatic carbocycles. The highest BCUT2D eigenvalue weighted by Crippen LogP contribution is 2.37. The molecular weight excluding hydrogens is 294 g/mol. The van der Waals surface area contributed by atoms with Gasteiger partial charge in [-0.2, -0.15) is 0 Å². The number of nitro benzene ring substituents is 1. The van der Waals surface area contributed by atoms with Gasteiger partial charge in [0.2, 0.25) is 0 Å². The first kappa shape index (κ1) is 14.7. The normalized spacial score (nSPS) is 11.8. The molecule has 3 rings (SSSR count). The van der Waals surface area contributed by atoms with Crippen LogP contribution in [0.25, 0.3) is 10.8 Å². The van der Waals surface area contributed by atoms with E-state index in [2.05, 4.69) is 0 Å². The average Bonchev–Trinajstić information content (AvgIpc) is 2.59. The Bertz CT molecular complexity index is 861. The van der Waals surface area contributed by atoms with Crippen LogP contribution in [-0.2, 0) is 9.53 Å². The molecule has 0 N–H and O–H groups in total. The van der Waals surface area contributed by atoms with Gasteiger partial charge in [0.25, 0.3) is 12.2 Å². The van der Waals surface area contributed by atoms with Crippen molar-refractivity contribution in [3.63, 3.8) is 0 Å². The lowest BCUT2D eigenvalue weighted by atomic mass is 9.94. The smallest absolute Gasteiger partial charge is 0.294 e. The standard InChI is InChI=1S/C18H13NO4/c20-12-23-18(14-7-2-1-3-8-14)17-15-9-5-4-6-13(15)10-11-16(17)19(21)22/h1-12,18H. The lowest BCUT2D eigenvalue weighted by molar-refractivity contribution is -0.385. The first-order valence-electron chi connectivity index (χ1n) is 7.02. The van der Waals surface area contributed by atoms with E-state index in [9.17, 15) is 14.9 Å². The van der Waals surface area contributed by atoms with Crippen LogP contribution >= 0.6 is 0 Å². The van der Waals surface area contributed by atoms with E-state index in [1.165, 1.54) is 6.07 Å². The third-order valence-corrected chi connectivity index (χ3v) is 3.70. The van der Waals surface area contributed by atoms with Gasteiger partial charge in [-0.1, -0.05) is 54.6 Å². The summed E-state index contributed by atoms with van der Waals surface area (Å²) in [6.45, 7) is 0.323. The maximum atomic E-state index is 11.5. The number of nitro groups is 1. The zero-order chi connectivity index (χ0) is 16.2. The molecular formula is C18H13NO4. The van der Waals surface area contributed by atoms with Crippen molar-refractivity contribution in [2.45, 2.75) is 6.10 Å². The van der Waals surface area contributed by atoms with E-state index in [0.717, 1.165) is 5.39 Å². The van der Waals surface area contributed by atoms with Crippen molar-refractivity contribution in [3.8, 4) is 0 Å². The van der Waals surface area contributed by atoms with Crippen LogP contribution in [-0.4, -0.2) is 11.4 Å². The maximum Gasteiger partial charge on any atom is 0.294 e. The molecule has 5 heteroatoms. The van der Waals surface area contributed by atoms with Crippen molar-refractivity contribution < 1.29 is 14.5 Å². The Hall–Kier alpha value is -3.21. The molecule has 5 nitrogen and oxygen atoms in total. The first-order valence-corrected chi connectivity index (χ1v) is 7.02. The van der Waals surface area contributed by atoms with Crippen molar-refractivity contribution in [2.75, 3.05) is 0 Å². The minimum Gasteiger partial charge on any atom is -0.454 e. The third-order valence-electron chi connectivity index (χ3n) is 3.70. The molecule has 1 unspecified atom stereocenters. The third kappa shape index (κ3) is 2.76. The summed E-state index contributed by atoms with van der Waals surface area (Å²) in [5.41, 5.74) is 0.991. The minimum atomic E-state index is -0.833. The Labute approximate surface area is 132 Å². The second-order valence-corrected chi connectivity index (χ2v) is 5.00. The molecule has 23 heavy (non-hydrogen) atoms. The van der Waals surface area contributed by atoms with E-state index in [-0.39, 0.29) is 5.69 Å². The van der Waals surface area contributed by atoms with E-state index in [0.29, 0.717) is 23.0 Å². The van der Waals surface area contributed by atoms with Crippen LogP contribution in [0.5, 0.6) is 0 Å². The number of carbonyl (C=O) groups excluding carboxylic acids is 1. The van der Waals surface area contributed by atoms with E-state index in [4.69, 9.17) is 4.74 Å². The van der Waals surface area contributed by atoms with Gasteiger partial charge < -0.3 is 4.74 Å². The summed E-state index contributed by atoms with van der Waals surface area (Å²) in [4.78, 5) is 22.0. The highest BCUT2D eigenvalue weighted by molar-refractivity contribution is 5.89. The molecule has 0 saturated carbocycles. The highest BCUT2D eigenvalue weighted by atomic mass is 16.6. The largest absolute Gasteiger partial charge is 0.454 e. The number of hydrogen-bond donors (Lipinski definition) is 0. The molecule has 114 valence electrons. The molecule has 0 aliphatic heterocycles. The number of benzene rings is 3. The number of carbonyl (C=O) groups is 1. The summed E-state index contributed by atoms with van der Waals surface area (Å²) in [7, 11) is 0. The summed E-state index contributed by atoms with van der Waals surface area (Å²) in [6.07, 6.45) is -0.833. The van der Waals surface area contributed by atoms with Gasteiger partial charge in [0, 0.05) is 6.07 Å². The van der Waals surface area contributed by atoms with Crippen LogP contribution in [0.4, 0.5) is 5.69 Å². The molecule has 1 atom stereocenters. The maximum absolute atomic E-state index is 11.5. The van der Waals surface area contributed by atoms with E-state index in [1.54, 1.807) is 42.5 Å². The summed E-state index contributed by atoms with van der Waals surface area (Å²) >= 11 is 0. The zero-order valence-electron chi connectivity index (χ0n) is 12.1. The first-order chi connectivity index (χ1) is 11.2. The van der Waals surface area contributed by atoms with Crippen molar-refractivity contribution >= 4 is 22.9 Å². The Morgan fingerprint density at radius 2 is 1.65 bits per heavy atom.